The second kappa shape index (κ2) is 9.92. The average Bonchev–Trinajstić information content (AvgIpc) is 2.81. The Morgan fingerprint density at radius 1 is 0.909 bits per heavy atom. The van der Waals surface area contributed by atoms with E-state index < -0.39 is 0 Å². The summed E-state index contributed by atoms with van der Waals surface area (Å²) in [5, 5.41) is 0. The largest absolute Gasteiger partial charge is 0.493 e. The first-order valence-electron chi connectivity index (χ1n) is 11.1. The number of ether oxygens (including phenoxy) is 3. The summed E-state index contributed by atoms with van der Waals surface area (Å²) in [6.45, 7) is 4.05. The number of hydrogen-bond acceptors (Lipinski definition) is 5. The highest BCUT2D eigenvalue weighted by Gasteiger charge is 2.21. The third-order valence-electron chi connectivity index (χ3n) is 5.71. The number of fused-ring (bicyclic) bond motifs is 1. The number of rotatable bonds is 6. The molecule has 33 heavy (non-hydrogen) atoms. The maximum Gasteiger partial charge on any atom is 0.308 e. The average molecular weight is 444 g/mol. The number of hydrogen-bond donors (Lipinski definition) is 0. The molecule has 4 rings (SSSR count). The van der Waals surface area contributed by atoms with Crippen LogP contribution in [0.1, 0.15) is 37.0 Å². The number of carbonyl (C=O) groups excluding carboxylic acids is 1. The van der Waals surface area contributed by atoms with Crippen LogP contribution in [0.4, 0.5) is 0 Å². The second-order valence-corrected chi connectivity index (χ2v) is 8.27. The predicted molar refractivity (Wildman–Crippen MR) is 130 cm³/mol. The molecule has 1 aliphatic heterocycles. The highest BCUT2D eigenvalue weighted by Crippen LogP contribution is 2.41. The highest BCUT2D eigenvalue weighted by atomic mass is 16.5. The Morgan fingerprint density at radius 2 is 1.52 bits per heavy atom. The number of benzene rings is 3. The minimum absolute atomic E-state index is 0.0233. The minimum Gasteiger partial charge on any atom is -0.493 e. The van der Waals surface area contributed by atoms with Gasteiger partial charge < -0.3 is 14.2 Å². The molecule has 0 radical (unpaired) electrons. The quantitative estimate of drug-likeness (QED) is 0.280. The Kier molecular flexibility index (Phi) is 6.80. The van der Waals surface area contributed by atoms with Gasteiger partial charge in [0, 0.05) is 18.9 Å². The van der Waals surface area contributed by atoms with Gasteiger partial charge in [0.05, 0.1) is 6.61 Å². The summed E-state index contributed by atoms with van der Waals surface area (Å²) < 4.78 is 17.2. The topological polar surface area (TPSA) is 48.0 Å². The van der Waals surface area contributed by atoms with Gasteiger partial charge >= 0.3 is 5.97 Å². The summed E-state index contributed by atoms with van der Waals surface area (Å²) in [6, 6.07) is 24.0. The molecule has 3 aromatic carbocycles. The van der Waals surface area contributed by atoms with Gasteiger partial charge in [0.2, 0.25) is 0 Å². The normalized spacial score (nSPS) is 15.3. The summed E-state index contributed by atoms with van der Waals surface area (Å²) in [4.78, 5) is 13.3. The molecule has 0 saturated carbocycles. The van der Waals surface area contributed by atoms with E-state index in [2.05, 4.69) is 18.2 Å². The van der Waals surface area contributed by atoms with E-state index in [1.165, 1.54) is 12.5 Å². The van der Waals surface area contributed by atoms with Gasteiger partial charge in [0.15, 0.2) is 0 Å². The number of para-hydroxylation sites is 1. The van der Waals surface area contributed by atoms with Crippen LogP contribution in [0.3, 0.4) is 0 Å². The third-order valence-corrected chi connectivity index (χ3v) is 5.71. The second-order valence-electron chi connectivity index (χ2n) is 8.27. The van der Waals surface area contributed by atoms with E-state index in [0.29, 0.717) is 12.4 Å². The lowest BCUT2D eigenvalue weighted by Gasteiger charge is -2.24. The van der Waals surface area contributed by atoms with Crippen molar-refractivity contribution in [1.29, 1.82) is 0 Å². The Bertz CT molecular complexity index is 1150. The molecule has 1 unspecified atom stereocenters. The zero-order chi connectivity index (χ0) is 23.4. The van der Waals surface area contributed by atoms with Gasteiger partial charge in [-0.1, -0.05) is 42.5 Å². The number of carbonyl (C=O) groups is 1. The van der Waals surface area contributed by atoms with Crippen molar-refractivity contribution in [3.63, 3.8) is 0 Å². The van der Waals surface area contributed by atoms with E-state index in [-0.39, 0.29) is 12.2 Å². The molecule has 170 valence electrons. The smallest absolute Gasteiger partial charge is 0.308 e. The molecule has 5 heteroatoms. The monoisotopic (exact) mass is 443 g/mol. The molecule has 1 atom stereocenters. The van der Waals surface area contributed by atoms with E-state index in [0.717, 1.165) is 40.2 Å². The lowest BCUT2D eigenvalue weighted by atomic mass is 9.87. The van der Waals surface area contributed by atoms with Crippen molar-refractivity contribution in [2.45, 2.75) is 26.5 Å². The van der Waals surface area contributed by atoms with Crippen LogP contribution in [0.25, 0.3) is 11.1 Å². The van der Waals surface area contributed by atoms with Crippen molar-refractivity contribution in [2.75, 3.05) is 20.7 Å². The third kappa shape index (κ3) is 5.26. The van der Waals surface area contributed by atoms with Crippen LogP contribution in [0.5, 0.6) is 17.2 Å². The molecular weight excluding hydrogens is 414 g/mol. The predicted octanol–water partition coefficient (Wildman–Crippen LogP) is 5.64. The molecule has 3 aromatic rings. The zero-order valence-corrected chi connectivity index (χ0v) is 19.5. The van der Waals surface area contributed by atoms with Gasteiger partial charge in [-0.15, -0.1) is 0 Å². The van der Waals surface area contributed by atoms with Crippen LogP contribution in [0.15, 0.2) is 72.8 Å². The van der Waals surface area contributed by atoms with Crippen LogP contribution in [-0.2, 0) is 4.79 Å². The first-order chi connectivity index (χ1) is 15.9. The molecule has 0 aromatic heterocycles. The molecule has 0 amide bonds. The summed E-state index contributed by atoms with van der Waals surface area (Å²) >= 11 is 0. The lowest BCUT2D eigenvalue weighted by Crippen LogP contribution is -2.30. The fourth-order valence-electron chi connectivity index (χ4n) is 3.87. The van der Waals surface area contributed by atoms with E-state index >= 15 is 0 Å². The molecule has 1 heterocycles. The van der Waals surface area contributed by atoms with Gasteiger partial charge in [-0.05, 0) is 73.6 Å². The number of nitrogens with zero attached hydrogens (tertiary/aromatic N) is 1. The summed E-state index contributed by atoms with van der Waals surface area (Å²) in [5.41, 5.74) is 5.60. The van der Waals surface area contributed by atoms with Crippen molar-refractivity contribution in [3.05, 3.63) is 89.5 Å². The summed E-state index contributed by atoms with van der Waals surface area (Å²) in [6.07, 6.45) is 0.776. The Hall–Kier alpha value is -3.57. The fraction of sp³-hybridized carbons (Fsp3) is 0.250. The zero-order valence-electron chi connectivity index (χ0n) is 19.5. The van der Waals surface area contributed by atoms with Crippen molar-refractivity contribution in [2.24, 2.45) is 0 Å². The summed E-state index contributed by atoms with van der Waals surface area (Å²) in [7, 11) is 3.98. The Balaban J connectivity index is 1.79. The van der Waals surface area contributed by atoms with Crippen LogP contribution in [-0.4, -0.2) is 37.8 Å². The molecule has 0 saturated heterocycles. The molecule has 1 aliphatic rings. The molecule has 0 spiro atoms. The van der Waals surface area contributed by atoms with Gasteiger partial charge in [-0.3, -0.25) is 9.69 Å². The van der Waals surface area contributed by atoms with E-state index in [1.54, 1.807) is 0 Å². The minimum atomic E-state index is -0.331. The van der Waals surface area contributed by atoms with Crippen LogP contribution in [0, 0.1) is 0 Å². The van der Waals surface area contributed by atoms with Gasteiger partial charge in [0.1, 0.15) is 23.5 Å². The summed E-state index contributed by atoms with van der Waals surface area (Å²) in [5.74, 6) is 1.92. The lowest BCUT2D eigenvalue weighted by molar-refractivity contribution is -0.131. The standard InChI is InChI=1S/C28H29NO4/c1-19(29(3)4)32-23-13-9-21(10-14-23)28(22-11-15-24(16-12-22)33-20(2)30)26-17-18-31-27-8-6-5-7-25(26)27/h5-16,19H,17-18H2,1-4H3. The van der Waals surface area contributed by atoms with E-state index in [4.69, 9.17) is 14.2 Å². The van der Waals surface area contributed by atoms with Crippen LogP contribution >= 0.6 is 0 Å². The maximum absolute atomic E-state index is 11.3. The van der Waals surface area contributed by atoms with Gasteiger partial charge in [0.25, 0.3) is 0 Å². The van der Waals surface area contributed by atoms with Crippen molar-refractivity contribution >= 4 is 17.1 Å². The Labute approximate surface area is 195 Å². The SMILES string of the molecule is CC(=O)Oc1ccc(C(=C2CCOc3ccccc32)c2ccc(OC(C)N(C)C)cc2)cc1. The van der Waals surface area contributed by atoms with Gasteiger partial charge in [-0.2, -0.15) is 0 Å². The number of esters is 1. The molecular formula is C28H29NO4. The van der Waals surface area contributed by atoms with Crippen molar-refractivity contribution in [1.82, 2.24) is 4.90 Å². The van der Waals surface area contributed by atoms with Gasteiger partial charge in [-0.25, -0.2) is 0 Å². The fourth-order valence-corrected chi connectivity index (χ4v) is 3.87. The molecule has 0 N–H and O–H groups in total. The maximum atomic E-state index is 11.3. The van der Waals surface area contributed by atoms with Crippen molar-refractivity contribution in [3.8, 4) is 17.2 Å². The first-order valence-corrected chi connectivity index (χ1v) is 11.1. The highest BCUT2D eigenvalue weighted by molar-refractivity contribution is 6.00. The molecule has 0 bridgehead atoms. The van der Waals surface area contributed by atoms with E-state index in [9.17, 15) is 4.79 Å². The first kappa shape index (κ1) is 22.6. The molecule has 5 nitrogen and oxygen atoms in total. The Morgan fingerprint density at radius 3 is 2.12 bits per heavy atom. The molecule has 0 aliphatic carbocycles. The van der Waals surface area contributed by atoms with Crippen LogP contribution < -0.4 is 14.2 Å². The molecule has 0 fully saturated rings. The van der Waals surface area contributed by atoms with Crippen molar-refractivity contribution < 1.29 is 19.0 Å². The van der Waals surface area contributed by atoms with E-state index in [1.807, 2.05) is 80.5 Å². The van der Waals surface area contributed by atoms with Crippen LogP contribution in [0.2, 0.25) is 0 Å².